The van der Waals surface area contributed by atoms with Gasteiger partial charge in [0.15, 0.2) is 0 Å². The van der Waals surface area contributed by atoms with Gasteiger partial charge < -0.3 is 14.5 Å². The van der Waals surface area contributed by atoms with Gasteiger partial charge in [-0.05, 0) is 31.3 Å². The van der Waals surface area contributed by atoms with Crippen molar-refractivity contribution in [3.8, 4) is 5.75 Å². The number of hydrogen-bond donors (Lipinski definition) is 1. The standard InChI is InChI=1S/C14H18N2O2/c1-4-10-7-8-12(18-10)13(15-2)14-11(17-3)6-5-9-16-14/h5-9,13,15H,4H2,1-3H3. The van der Waals surface area contributed by atoms with Gasteiger partial charge in [0.1, 0.15) is 29.0 Å². The molecule has 1 N–H and O–H groups in total. The largest absolute Gasteiger partial charge is 0.495 e. The number of ether oxygens (including phenoxy) is 1. The molecule has 0 saturated carbocycles. The summed E-state index contributed by atoms with van der Waals surface area (Å²) in [4.78, 5) is 4.38. The molecular weight excluding hydrogens is 228 g/mol. The zero-order valence-corrected chi connectivity index (χ0v) is 10.9. The predicted molar refractivity (Wildman–Crippen MR) is 69.8 cm³/mol. The molecule has 1 unspecified atom stereocenters. The molecule has 0 amide bonds. The molecule has 18 heavy (non-hydrogen) atoms. The van der Waals surface area contributed by atoms with Crippen LogP contribution in [0.15, 0.2) is 34.9 Å². The molecule has 2 rings (SSSR count). The third-order valence-corrected chi connectivity index (χ3v) is 2.90. The van der Waals surface area contributed by atoms with E-state index < -0.39 is 0 Å². The molecule has 4 heteroatoms. The highest BCUT2D eigenvalue weighted by atomic mass is 16.5. The van der Waals surface area contributed by atoms with Crippen LogP contribution < -0.4 is 10.1 Å². The van der Waals surface area contributed by atoms with E-state index in [0.29, 0.717) is 0 Å². The van der Waals surface area contributed by atoms with Gasteiger partial charge in [0, 0.05) is 12.6 Å². The lowest BCUT2D eigenvalue weighted by atomic mass is 10.1. The van der Waals surface area contributed by atoms with Crippen LogP contribution in [0.3, 0.4) is 0 Å². The number of aromatic nitrogens is 1. The molecule has 0 aliphatic heterocycles. The minimum atomic E-state index is -0.0959. The van der Waals surface area contributed by atoms with Crippen LogP contribution in [0.4, 0.5) is 0 Å². The van der Waals surface area contributed by atoms with Crippen molar-refractivity contribution >= 4 is 0 Å². The maximum absolute atomic E-state index is 5.78. The summed E-state index contributed by atoms with van der Waals surface area (Å²) >= 11 is 0. The van der Waals surface area contributed by atoms with E-state index in [1.54, 1.807) is 13.3 Å². The van der Waals surface area contributed by atoms with Gasteiger partial charge in [-0.15, -0.1) is 0 Å². The Labute approximate surface area is 107 Å². The lowest BCUT2D eigenvalue weighted by molar-refractivity contribution is 0.387. The first-order valence-corrected chi connectivity index (χ1v) is 6.05. The summed E-state index contributed by atoms with van der Waals surface area (Å²) in [5, 5.41) is 3.21. The minimum absolute atomic E-state index is 0.0959. The van der Waals surface area contributed by atoms with Crippen molar-refractivity contribution in [3.05, 3.63) is 47.7 Å². The molecule has 0 spiro atoms. The molecule has 0 aliphatic rings. The molecule has 2 heterocycles. The van der Waals surface area contributed by atoms with Crippen LogP contribution in [0.2, 0.25) is 0 Å². The van der Waals surface area contributed by atoms with E-state index >= 15 is 0 Å². The first kappa shape index (κ1) is 12.6. The molecule has 0 radical (unpaired) electrons. The number of rotatable bonds is 5. The number of methoxy groups -OCH3 is 1. The number of hydrogen-bond acceptors (Lipinski definition) is 4. The average Bonchev–Trinajstić information content (AvgIpc) is 2.89. The second-order valence-corrected chi connectivity index (χ2v) is 3.97. The van der Waals surface area contributed by atoms with Crippen LogP contribution >= 0.6 is 0 Å². The van der Waals surface area contributed by atoms with Crippen molar-refractivity contribution in [3.63, 3.8) is 0 Å². The number of nitrogens with zero attached hydrogens (tertiary/aromatic N) is 1. The lowest BCUT2D eigenvalue weighted by Gasteiger charge is -2.15. The van der Waals surface area contributed by atoms with Gasteiger partial charge in [-0.3, -0.25) is 4.98 Å². The van der Waals surface area contributed by atoms with Crippen LogP contribution in [0.5, 0.6) is 5.75 Å². The highest BCUT2D eigenvalue weighted by Gasteiger charge is 2.20. The highest BCUT2D eigenvalue weighted by Crippen LogP contribution is 2.28. The Kier molecular flexibility index (Phi) is 3.99. The molecular formula is C14H18N2O2. The SMILES string of the molecule is CCc1ccc(C(NC)c2ncccc2OC)o1. The van der Waals surface area contributed by atoms with Gasteiger partial charge in [-0.2, -0.15) is 0 Å². The van der Waals surface area contributed by atoms with Crippen LogP contribution in [0.1, 0.15) is 30.2 Å². The van der Waals surface area contributed by atoms with Gasteiger partial charge in [0.2, 0.25) is 0 Å². The maximum atomic E-state index is 5.78. The predicted octanol–water partition coefficient (Wildman–Crippen LogP) is 2.55. The van der Waals surface area contributed by atoms with E-state index in [2.05, 4.69) is 17.2 Å². The van der Waals surface area contributed by atoms with Crippen LogP contribution in [0, 0.1) is 0 Å². The Balaban J connectivity index is 2.38. The summed E-state index contributed by atoms with van der Waals surface area (Å²) in [7, 11) is 3.53. The molecule has 2 aromatic heterocycles. The van der Waals surface area contributed by atoms with Gasteiger partial charge in [-0.1, -0.05) is 6.92 Å². The van der Waals surface area contributed by atoms with E-state index in [0.717, 1.165) is 29.4 Å². The van der Waals surface area contributed by atoms with Crippen molar-refractivity contribution in [2.45, 2.75) is 19.4 Å². The fraction of sp³-hybridized carbons (Fsp3) is 0.357. The van der Waals surface area contributed by atoms with Crippen LogP contribution in [0.25, 0.3) is 0 Å². The molecule has 2 aromatic rings. The average molecular weight is 246 g/mol. The van der Waals surface area contributed by atoms with E-state index in [9.17, 15) is 0 Å². The van der Waals surface area contributed by atoms with Crippen molar-refractivity contribution in [2.75, 3.05) is 14.2 Å². The van der Waals surface area contributed by atoms with E-state index in [1.165, 1.54) is 0 Å². The number of pyridine rings is 1. The summed E-state index contributed by atoms with van der Waals surface area (Å²) in [6.45, 7) is 2.07. The van der Waals surface area contributed by atoms with Crippen molar-refractivity contribution < 1.29 is 9.15 Å². The van der Waals surface area contributed by atoms with Crippen molar-refractivity contribution in [1.29, 1.82) is 0 Å². The molecule has 4 nitrogen and oxygen atoms in total. The zero-order valence-electron chi connectivity index (χ0n) is 10.9. The molecule has 0 fully saturated rings. The van der Waals surface area contributed by atoms with E-state index in [-0.39, 0.29) is 6.04 Å². The fourth-order valence-electron chi connectivity index (χ4n) is 1.95. The summed E-state index contributed by atoms with van der Waals surface area (Å²) in [5.41, 5.74) is 0.833. The Hall–Kier alpha value is -1.81. The summed E-state index contributed by atoms with van der Waals surface area (Å²) < 4.78 is 11.1. The Bertz CT molecular complexity index is 508. The van der Waals surface area contributed by atoms with Crippen molar-refractivity contribution in [1.82, 2.24) is 10.3 Å². The monoisotopic (exact) mass is 246 g/mol. The Morgan fingerprint density at radius 2 is 2.22 bits per heavy atom. The Morgan fingerprint density at radius 1 is 1.39 bits per heavy atom. The minimum Gasteiger partial charge on any atom is -0.495 e. The number of aryl methyl sites for hydroxylation is 1. The fourth-order valence-corrected chi connectivity index (χ4v) is 1.95. The first-order valence-electron chi connectivity index (χ1n) is 6.05. The summed E-state index contributed by atoms with van der Waals surface area (Å²) in [5.74, 6) is 2.58. The van der Waals surface area contributed by atoms with E-state index in [4.69, 9.17) is 9.15 Å². The first-order chi connectivity index (χ1) is 8.80. The second kappa shape index (κ2) is 5.69. The maximum Gasteiger partial charge on any atom is 0.142 e. The molecule has 1 atom stereocenters. The van der Waals surface area contributed by atoms with Gasteiger partial charge in [-0.25, -0.2) is 0 Å². The van der Waals surface area contributed by atoms with Crippen LogP contribution in [-0.2, 0) is 6.42 Å². The number of furan rings is 1. The molecule has 96 valence electrons. The van der Waals surface area contributed by atoms with Crippen molar-refractivity contribution in [2.24, 2.45) is 0 Å². The quantitative estimate of drug-likeness (QED) is 0.880. The van der Waals surface area contributed by atoms with Crippen LogP contribution in [-0.4, -0.2) is 19.1 Å². The normalized spacial score (nSPS) is 12.4. The van der Waals surface area contributed by atoms with Gasteiger partial charge in [0.25, 0.3) is 0 Å². The zero-order chi connectivity index (χ0) is 13.0. The highest BCUT2D eigenvalue weighted by molar-refractivity contribution is 5.34. The van der Waals surface area contributed by atoms with Gasteiger partial charge in [0.05, 0.1) is 7.11 Å². The molecule has 0 bridgehead atoms. The molecule has 0 aromatic carbocycles. The topological polar surface area (TPSA) is 47.3 Å². The third kappa shape index (κ3) is 2.38. The molecule has 0 saturated heterocycles. The smallest absolute Gasteiger partial charge is 0.142 e. The Morgan fingerprint density at radius 3 is 2.83 bits per heavy atom. The molecule has 0 aliphatic carbocycles. The lowest BCUT2D eigenvalue weighted by Crippen LogP contribution is -2.19. The summed E-state index contributed by atoms with van der Waals surface area (Å²) in [6, 6.07) is 7.63. The number of nitrogens with one attached hydrogen (secondary N) is 1. The third-order valence-electron chi connectivity index (χ3n) is 2.90. The van der Waals surface area contributed by atoms with E-state index in [1.807, 2.05) is 31.3 Å². The summed E-state index contributed by atoms with van der Waals surface area (Å²) in [6.07, 6.45) is 2.64. The van der Waals surface area contributed by atoms with Gasteiger partial charge >= 0.3 is 0 Å². The second-order valence-electron chi connectivity index (χ2n) is 3.97.